The van der Waals surface area contributed by atoms with Crippen LogP contribution < -0.4 is 4.74 Å². The lowest BCUT2D eigenvalue weighted by molar-refractivity contribution is -0.0524. The van der Waals surface area contributed by atoms with Crippen molar-refractivity contribution < 1.29 is 9.84 Å². The zero-order chi connectivity index (χ0) is 16.2. The zero-order valence-electron chi connectivity index (χ0n) is 13.8. The van der Waals surface area contributed by atoms with E-state index in [1.54, 1.807) is 0 Å². The van der Waals surface area contributed by atoms with Crippen LogP contribution >= 0.6 is 11.6 Å². The Morgan fingerprint density at radius 3 is 2.61 bits per heavy atom. The van der Waals surface area contributed by atoms with Gasteiger partial charge in [-0.2, -0.15) is 0 Å². The Hall–Kier alpha value is -0.810. The molecule has 0 bridgehead atoms. The molecular formula is C18H27ClN2O2. The molecule has 1 saturated heterocycles. The first kappa shape index (κ1) is 17.0. The van der Waals surface area contributed by atoms with E-state index in [0.29, 0.717) is 5.02 Å². The lowest BCUT2D eigenvalue weighted by Crippen LogP contribution is -2.53. The van der Waals surface area contributed by atoms with Crippen molar-refractivity contribution in [1.29, 1.82) is 0 Å². The van der Waals surface area contributed by atoms with Crippen LogP contribution in [0, 0.1) is 0 Å². The van der Waals surface area contributed by atoms with E-state index in [9.17, 15) is 5.11 Å². The molecule has 0 unspecified atom stereocenters. The van der Waals surface area contributed by atoms with Gasteiger partial charge in [0.1, 0.15) is 18.0 Å². The summed E-state index contributed by atoms with van der Waals surface area (Å²) in [6.07, 6.45) is 3.69. The fourth-order valence-electron chi connectivity index (χ4n) is 3.73. The minimum Gasteiger partial charge on any atom is -0.488 e. The summed E-state index contributed by atoms with van der Waals surface area (Å²) in [6.45, 7) is 4.32. The number of hydrogen-bond acceptors (Lipinski definition) is 4. The van der Waals surface area contributed by atoms with Crippen molar-refractivity contribution in [3.8, 4) is 5.75 Å². The molecule has 0 aromatic heterocycles. The Morgan fingerprint density at radius 2 is 1.83 bits per heavy atom. The molecule has 4 nitrogen and oxygen atoms in total. The quantitative estimate of drug-likeness (QED) is 0.919. The number of hydrogen-bond donors (Lipinski definition) is 1. The summed E-state index contributed by atoms with van der Waals surface area (Å²) in [5.41, 5.74) is 0. The molecule has 0 spiro atoms. The second-order valence-electron chi connectivity index (χ2n) is 6.79. The third-order valence-corrected chi connectivity index (χ3v) is 5.34. The van der Waals surface area contributed by atoms with Gasteiger partial charge in [-0.25, -0.2) is 0 Å². The molecule has 0 radical (unpaired) electrons. The molecule has 0 amide bonds. The van der Waals surface area contributed by atoms with Crippen LogP contribution in [0.5, 0.6) is 5.75 Å². The number of benzene rings is 1. The maximum Gasteiger partial charge on any atom is 0.126 e. The van der Waals surface area contributed by atoms with E-state index in [0.717, 1.165) is 51.2 Å². The van der Waals surface area contributed by atoms with E-state index in [-0.39, 0.29) is 12.1 Å². The lowest BCUT2D eigenvalue weighted by Gasteiger charge is -2.41. The average Bonchev–Trinajstić information content (AvgIpc) is 2.76. The zero-order valence-corrected chi connectivity index (χ0v) is 14.6. The van der Waals surface area contributed by atoms with Gasteiger partial charge in [0.15, 0.2) is 0 Å². The standard InChI is InChI=1S/C18H27ClN2O2/c1-20-10-3-11-21(13-12-20)16-4-2-5-17(18(16)22)23-15-8-6-14(19)7-9-15/h6-9,16-18,22H,2-5,10-13H2,1H3/t16-,17+,18+/m0/s1. The highest BCUT2D eigenvalue weighted by molar-refractivity contribution is 6.30. The minimum absolute atomic E-state index is 0.129. The van der Waals surface area contributed by atoms with Crippen molar-refractivity contribution in [3.05, 3.63) is 29.3 Å². The van der Waals surface area contributed by atoms with E-state index >= 15 is 0 Å². The number of likely N-dealkylation sites (N-methyl/N-ethyl adjacent to an activating group) is 1. The minimum atomic E-state index is -0.428. The molecule has 1 aliphatic carbocycles. The predicted octanol–water partition coefficient (Wildman–Crippen LogP) is 2.64. The molecule has 1 aromatic rings. The van der Waals surface area contributed by atoms with Gasteiger partial charge in [0, 0.05) is 24.2 Å². The van der Waals surface area contributed by atoms with Gasteiger partial charge in [-0.15, -0.1) is 0 Å². The SMILES string of the molecule is CN1CCCN([C@H]2CCC[C@@H](Oc3ccc(Cl)cc3)[C@@H]2O)CC1. The van der Waals surface area contributed by atoms with Crippen LogP contribution in [0.3, 0.4) is 0 Å². The number of nitrogens with zero attached hydrogens (tertiary/aromatic N) is 2. The molecule has 3 rings (SSSR count). The molecule has 2 fully saturated rings. The highest BCUT2D eigenvalue weighted by atomic mass is 35.5. The monoisotopic (exact) mass is 338 g/mol. The number of halogens is 1. The Balaban J connectivity index is 1.63. The number of aliphatic hydroxyl groups is 1. The van der Waals surface area contributed by atoms with Crippen LogP contribution in [0.4, 0.5) is 0 Å². The number of rotatable bonds is 3. The highest BCUT2D eigenvalue weighted by Gasteiger charge is 2.37. The first-order chi connectivity index (χ1) is 11.1. The van der Waals surface area contributed by atoms with Crippen LogP contribution in [0.15, 0.2) is 24.3 Å². The van der Waals surface area contributed by atoms with E-state index < -0.39 is 6.10 Å². The summed E-state index contributed by atoms with van der Waals surface area (Å²) >= 11 is 5.92. The summed E-state index contributed by atoms with van der Waals surface area (Å²) in [7, 11) is 2.17. The average molecular weight is 339 g/mol. The van der Waals surface area contributed by atoms with E-state index in [4.69, 9.17) is 16.3 Å². The Kier molecular flexibility index (Phi) is 5.81. The fraction of sp³-hybridized carbons (Fsp3) is 0.667. The van der Waals surface area contributed by atoms with E-state index in [2.05, 4.69) is 16.8 Å². The molecule has 23 heavy (non-hydrogen) atoms. The Morgan fingerprint density at radius 1 is 1.04 bits per heavy atom. The molecule has 128 valence electrons. The van der Waals surface area contributed by atoms with E-state index in [1.807, 2.05) is 24.3 Å². The van der Waals surface area contributed by atoms with E-state index in [1.165, 1.54) is 6.42 Å². The predicted molar refractivity (Wildman–Crippen MR) is 93.2 cm³/mol. The first-order valence-electron chi connectivity index (χ1n) is 8.66. The van der Waals surface area contributed by atoms with Gasteiger partial charge in [-0.1, -0.05) is 11.6 Å². The van der Waals surface area contributed by atoms with Crippen molar-refractivity contribution in [2.75, 3.05) is 33.2 Å². The van der Waals surface area contributed by atoms with Gasteiger partial charge in [0.25, 0.3) is 0 Å². The van der Waals surface area contributed by atoms with Crippen molar-refractivity contribution in [3.63, 3.8) is 0 Å². The molecule has 1 heterocycles. The van der Waals surface area contributed by atoms with Crippen LogP contribution in [0.2, 0.25) is 5.02 Å². The van der Waals surface area contributed by atoms with Crippen LogP contribution in [-0.2, 0) is 0 Å². The maximum atomic E-state index is 10.8. The topological polar surface area (TPSA) is 35.9 Å². The smallest absolute Gasteiger partial charge is 0.126 e. The first-order valence-corrected chi connectivity index (χ1v) is 9.04. The fourth-order valence-corrected chi connectivity index (χ4v) is 3.86. The summed E-state index contributed by atoms with van der Waals surface area (Å²) in [6, 6.07) is 7.62. The second kappa shape index (κ2) is 7.84. The molecule has 3 atom stereocenters. The van der Waals surface area contributed by atoms with Crippen LogP contribution in [0.1, 0.15) is 25.7 Å². The third-order valence-electron chi connectivity index (χ3n) is 5.09. The largest absolute Gasteiger partial charge is 0.488 e. The summed E-state index contributed by atoms with van der Waals surface area (Å²) in [4.78, 5) is 4.84. The van der Waals surface area contributed by atoms with Crippen molar-refractivity contribution in [2.24, 2.45) is 0 Å². The number of ether oxygens (including phenoxy) is 1. The number of aliphatic hydroxyl groups excluding tert-OH is 1. The van der Waals surface area contributed by atoms with Gasteiger partial charge in [0.05, 0.1) is 0 Å². The van der Waals surface area contributed by atoms with Gasteiger partial charge in [-0.3, -0.25) is 4.90 Å². The molecule has 1 aliphatic heterocycles. The maximum absolute atomic E-state index is 10.8. The van der Waals surface area contributed by atoms with Crippen LogP contribution in [0.25, 0.3) is 0 Å². The van der Waals surface area contributed by atoms with Crippen molar-refractivity contribution in [2.45, 2.75) is 43.9 Å². The molecular weight excluding hydrogens is 312 g/mol. The lowest BCUT2D eigenvalue weighted by atomic mass is 9.88. The Labute approximate surface area is 144 Å². The summed E-state index contributed by atoms with van der Waals surface area (Å²) in [5.74, 6) is 0.787. The van der Waals surface area contributed by atoms with Crippen LogP contribution in [-0.4, -0.2) is 66.4 Å². The normalized spacial score (nSPS) is 30.8. The molecule has 5 heteroatoms. The molecule has 1 N–H and O–H groups in total. The van der Waals surface area contributed by atoms with Gasteiger partial charge < -0.3 is 14.7 Å². The van der Waals surface area contributed by atoms with Gasteiger partial charge in [-0.05, 0) is 70.1 Å². The molecule has 2 aliphatic rings. The third kappa shape index (κ3) is 4.38. The Bertz CT molecular complexity index is 496. The highest BCUT2D eigenvalue weighted by Crippen LogP contribution is 2.28. The second-order valence-corrected chi connectivity index (χ2v) is 7.23. The summed E-state index contributed by atoms with van der Waals surface area (Å²) < 4.78 is 6.05. The van der Waals surface area contributed by atoms with Gasteiger partial charge >= 0.3 is 0 Å². The van der Waals surface area contributed by atoms with Crippen molar-refractivity contribution >= 4 is 11.6 Å². The molecule has 1 saturated carbocycles. The summed E-state index contributed by atoms with van der Waals surface area (Å²) in [5, 5.41) is 11.6. The molecule has 1 aromatic carbocycles. The van der Waals surface area contributed by atoms with Gasteiger partial charge in [0.2, 0.25) is 0 Å². The van der Waals surface area contributed by atoms with Crippen molar-refractivity contribution in [1.82, 2.24) is 9.80 Å².